The molecule has 0 bridgehead atoms. The Bertz CT molecular complexity index is 584. The second kappa shape index (κ2) is 4.52. The van der Waals surface area contributed by atoms with E-state index in [1.165, 1.54) is 10.8 Å². The zero-order valence-electron chi connectivity index (χ0n) is 10.2. The standard InChI is InChI=1S/C13H14F3N3/c14-13(15,16)8-19-7-9(6-18-10-3-4-10)11-2-1-5-17-12(11)19/h1-2,5,7,10,18H,3-4,6,8H2. The van der Waals surface area contributed by atoms with Gasteiger partial charge < -0.3 is 9.88 Å². The molecule has 1 N–H and O–H groups in total. The summed E-state index contributed by atoms with van der Waals surface area (Å²) in [4.78, 5) is 4.06. The highest BCUT2D eigenvalue weighted by Crippen LogP contribution is 2.26. The van der Waals surface area contributed by atoms with Crippen molar-refractivity contribution in [3.8, 4) is 0 Å². The van der Waals surface area contributed by atoms with Crippen molar-refractivity contribution in [1.29, 1.82) is 0 Å². The van der Waals surface area contributed by atoms with Gasteiger partial charge in [0, 0.05) is 30.4 Å². The lowest BCUT2D eigenvalue weighted by atomic mass is 10.2. The van der Waals surface area contributed by atoms with Crippen LogP contribution in [0.2, 0.25) is 0 Å². The Hall–Kier alpha value is -1.56. The minimum absolute atomic E-state index is 0.396. The summed E-state index contributed by atoms with van der Waals surface area (Å²) < 4.78 is 38.8. The first-order chi connectivity index (χ1) is 9.03. The van der Waals surface area contributed by atoms with E-state index >= 15 is 0 Å². The van der Waals surface area contributed by atoms with Crippen molar-refractivity contribution in [2.75, 3.05) is 0 Å². The Morgan fingerprint density at radius 2 is 2.16 bits per heavy atom. The van der Waals surface area contributed by atoms with Crippen LogP contribution in [-0.4, -0.2) is 21.8 Å². The van der Waals surface area contributed by atoms with Gasteiger partial charge >= 0.3 is 6.18 Å². The van der Waals surface area contributed by atoms with E-state index in [9.17, 15) is 13.2 Å². The maximum Gasteiger partial charge on any atom is 0.406 e. The van der Waals surface area contributed by atoms with Crippen molar-refractivity contribution in [1.82, 2.24) is 14.9 Å². The van der Waals surface area contributed by atoms with Crippen LogP contribution in [0.3, 0.4) is 0 Å². The number of hydrogen-bond donors (Lipinski definition) is 1. The molecule has 1 aliphatic rings. The third kappa shape index (κ3) is 2.89. The molecule has 0 amide bonds. The summed E-state index contributed by atoms with van der Waals surface area (Å²) in [6.45, 7) is -0.401. The summed E-state index contributed by atoms with van der Waals surface area (Å²) in [5, 5.41) is 4.11. The Labute approximate surface area is 108 Å². The van der Waals surface area contributed by atoms with Crippen LogP contribution in [0.15, 0.2) is 24.5 Å². The predicted octanol–water partition coefficient (Wildman–Crippen LogP) is 2.85. The molecule has 1 saturated carbocycles. The van der Waals surface area contributed by atoms with Crippen LogP contribution in [-0.2, 0) is 13.1 Å². The van der Waals surface area contributed by atoms with Crippen LogP contribution in [0, 0.1) is 0 Å². The average molecular weight is 269 g/mol. The van der Waals surface area contributed by atoms with Crippen molar-refractivity contribution in [3.63, 3.8) is 0 Å². The normalized spacial score (nSPS) is 16.2. The number of halogens is 3. The molecule has 1 fully saturated rings. The molecule has 2 heterocycles. The first kappa shape index (κ1) is 12.5. The van der Waals surface area contributed by atoms with Gasteiger partial charge in [0.1, 0.15) is 12.2 Å². The first-order valence-corrected chi connectivity index (χ1v) is 6.26. The van der Waals surface area contributed by atoms with Crippen molar-refractivity contribution in [2.45, 2.75) is 38.1 Å². The number of aromatic nitrogens is 2. The molecule has 2 aromatic rings. The number of nitrogens with one attached hydrogen (secondary N) is 1. The van der Waals surface area contributed by atoms with Gasteiger partial charge in [0.15, 0.2) is 0 Å². The number of fused-ring (bicyclic) bond motifs is 1. The molecule has 3 rings (SSSR count). The lowest BCUT2D eigenvalue weighted by Gasteiger charge is -2.07. The smallest absolute Gasteiger partial charge is 0.323 e. The fourth-order valence-electron chi connectivity index (χ4n) is 2.19. The molecule has 3 nitrogen and oxygen atoms in total. The summed E-state index contributed by atoms with van der Waals surface area (Å²) in [6.07, 6.45) is 1.15. The third-order valence-electron chi connectivity index (χ3n) is 3.22. The summed E-state index contributed by atoms with van der Waals surface area (Å²) in [5.41, 5.74) is 1.27. The highest BCUT2D eigenvalue weighted by atomic mass is 19.4. The topological polar surface area (TPSA) is 29.9 Å². The summed E-state index contributed by atoms with van der Waals surface area (Å²) in [6, 6.07) is 4.10. The van der Waals surface area contributed by atoms with Crippen LogP contribution < -0.4 is 5.32 Å². The molecular formula is C13H14F3N3. The molecule has 0 aliphatic heterocycles. The third-order valence-corrected chi connectivity index (χ3v) is 3.22. The van der Waals surface area contributed by atoms with Crippen LogP contribution in [0.25, 0.3) is 11.0 Å². The molecule has 0 unspecified atom stereocenters. The maximum atomic E-state index is 12.5. The number of alkyl halides is 3. The fourth-order valence-corrected chi connectivity index (χ4v) is 2.19. The van der Waals surface area contributed by atoms with Crippen LogP contribution >= 0.6 is 0 Å². The van der Waals surface area contributed by atoms with Gasteiger partial charge in [-0.15, -0.1) is 0 Å². The van der Waals surface area contributed by atoms with E-state index in [0.717, 1.165) is 23.8 Å². The van der Waals surface area contributed by atoms with Crippen LogP contribution in [0.5, 0.6) is 0 Å². The Balaban J connectivity index is 1.92. The van der Waals surface area contributed by atoms with Crippen LogP contribution in [0.4, 0.5) is 13.2 Å². The van der Waals surface area contributed by atoms with E-state index in [0.29, 0.717) is 18.2 Å². The van der Waals surface area contributed by atoms with Crippen molar-refractivity contribution >= 4 is 11.0 Å². The van der Waals surface area contributed by atoms with Gasteiger partial charge in [-0.25, -0.2) is 4.98 Å². The van der Waals surface area contributed by atoms with E-state index < -0.39 is 12.7 Å². The zero-order valence-corrected chi connectivity index (χ0v) is 10.2. The van der Waals surface area contributed by atoms with Gasteiger partial charge in [0.2, 0.25) is 0 Å². The number of rotatable bonds is 4. The Morgan fingerprint density at radius 1 is 1.37 bits per heavy atom. The van der Waals surface area contributed by atoms with Crippen molar-refractivity contribution in [2.24, 2.45) is 0 Å². The number of nitrogens with zero attached hydrogens (tertiary/aromatic N) is 2. The fraction of sp³-hybridized carbons (Fsp3) is 0.462. The Morgan fingerprint density at radius 3 is 2.84 bits per heavy atom. The lowest BCUT2D eigenvalue weighted by Crippen LogP contribution is -2.17. The largest absolute Gasteiger partial charge is 0.406 e. The van der Waals surface area contributed by atoms with E-state index in [4.69, 9.17) is 0 Å². The van der Waals surface area contributed by atoms with Gasteiger partial charge in [0.05, 0.1) is 0 Å². The molecule has 0 spiro atoms. The highest BCUT2D eigenvalue weighted by molar-refractivity contribution is 5.80. The molecule has 0 aromatic carbocycles. The van der Waals surface area contributed by atoms with Gasteiger partial charge in [-0.05, 0) is 30.5 Å². The molecular weight excluding hydrogens is 255 g/mol. The van der Waals surface area contributed by atoms with Crippen molar-refractivity contribution in [3.05, 3.63) is 30.1 Å². The summed E-state index contributed by atoms with van der Waals surface area (Å²) in [5.74, 6) is 0. The molecule has 102 valence electrons. The minimum atomic E-state index is -4.23. The van der Waals surface area contributed by atoms with E-state index in [-0.39, 0.29) is 0 Å². The Kier molecular flexibility index (Phi) is 2.97. The minimum Gasteiger partial charge on any atom is -0.323 e. The number of pyridine rings is 1. The molecule has 0 atom stereocenters. The zero-order chi connectivity index (χ0) is 13.5. The van der Waals surface area contributed by atoms with Gasteiger partial charge in [0.25, 0.3) is 0 Å². The molecule has 6 heteroatoms. The second-order valence-corrected chi connectivity index (χ2v) is 4.93. The summed E-state index contributed by atoms with van der Waals surface area (Å²) in [7, 11) is 0. The molecule has 0 radical (unpaired) electrons. The quantitative estimate of drug-likeness (QED) is 0.925. The van der Waals surface area contributed by atoms with Crippen molar-refractivity contribution < 1.29 is 13.2 Å². The van der Waals surface area contributed by atoms with Crippen LogP contribution in [0.1, 0.15) is 18.4 Å². The monoisotopic (exact) mass is 269 g/mol. The number of hydrogen-bond acceptors (Lipinski definition) is 2. The second-order valence-electron chi connectivity index (χ2n) is 4.93. The van der Waals surface area contributed by atoms with Gasteiger partial charge in [-0.1, -0.05) is 0 Å². The highest BCUT2D eigenvalue weighted by Gasteiger charge is 2.29. The lowest BCUT2D eigenvalue weighted by molar-refractivity contribution is -0.139. The van der Waals surface area contributed by atoms with Gasteiger partial charge in [-0.3, -0.25) is 0 Å². The SMILES string of the molecule is FC(F)(F)Cn1cc(CNC2CC2)c2cccnc21. The average Bonchev–Trinajstić information content (AvgIpc) is 3.10. The molecule has 2 aromatic heterocycles. The van der Waals surface area contributed by atoms with E-state index in [2.05, 4.69) is 10.3 Å². The maximum absolute atomic E-state index is 12.5. The predicted molar refractivity (Wildman–Crippen MR) is 65.6 cm³/mol. The van der Waals surface area contributed by atoms with Gasteiger partial charge in [-0.2, -0.15) is 13.2 Å². The molecule has 19 heavy (non-hydrogen) atoms. The summed E-state index contributed by atoms with van der Waals surface area (Å²) >= 11 is 0. The molecule has 1 aliphatic carbocycles. The first-order valence-electron chi connectivity index (χ1n) is 6.26. The molecule has 0 saturated heterocycles. The van der Waals surface area contributed by atoms with E-state index in [1.54, 1.807) is 12.3 Å². The van der Waals surface area contributed by atoms with E-state index in [1.807, 2.05) is 6.07 Å².